The lowest BCUT2D eigenvalue weighted by Crippen LogP contribution is -2.49. The summed E-state index contributed by atoms with van der Waals surface area (Å²) in [6.45, 7) is 4.68. The van der Waals surface area contributed by atoms with E-state index in [1.54, 1.807) is 7.11 Å². The van der Waals surface area contributed by atoms with Crippen molar-refractivity contribution in [1.82, 2.24) is 30.0 Å². The molecule has 0 unspecified atom stereocenters. The maximum Gasteiger partial charge on any atom is 0.187 e. The van der Waals surface area contributed by atoms with E-state index < -0.39 is 0 Å². The third kappa shape index (κ3) is 3.86. The molecule has 9 heteroatoms. The molecular weight excluding hydrogens is 404 g/mol. The molecule has 32 heavy (non-hydrogen) atoms. The molecule has 0 spiro atoms. The SMILES string of the molecule is COc1cc(-c2[nH]nc3nc(C4CCC(N5CCN(C)CC5)CC4)nc(N)c23)ccc1N. The number of methoxy groups -OCH3 is 1. The number of piperazine rings is 1. The molecule has 0 bridgehead atoms. The lowest BCUT2D eigenvalue weighted by atomic mass is 9.84. The van der Waals surface area contributed by atoms with Gasteiger partial charge in [-0.25, -0.2) is 9.97 Å². The second kappa shape index (κ2) is 8.55. The van der Waals surface area contributed by atoms with Crippen molar-refractivity contribution in [1.29, 1.82) is 0 Å². The van der Waals surface area contributed by atoms with Gasteiger partial charge in [-0.2, -0.15) is 5.10 Å². The van der Waals surface area contributed by atoms with E-state index >= 15 is 0 Å². The van der Waals surface area contributed by atoms with Crippen LogP contribution in [0.1, 0.15) is 37.4 Å². The number of H-pyrrole nitrogens is 1. The van der Waals surface area contributed by atoms with Gasteiger partial charge in [-0.05, 0) is 44.9 Å². The monoisotopic (exact) mass is 436 g/mol. The fraction of sp³-hybridized carbons (Fsp3) is 0.522. The van der Waals surface area contributed by atoms with Gasteiger partial charge >= 0.3 is 0 Å². The zero-order valence-corrected chi connectivity index (χ0v) is 18.8. The van der Waals surface area contributed by atoms with Crippen LogP contribution in [0.2, 0.25) is 0 Å². The molecule has 1 saturated heterocycles. The molecule has 3 heterocycles. The molecule has 2 aromatic heterocycles. The molecule has 5 N–H and O–H groups in total. The summed E-state index contributed by atoms with van der Waals surface area (Å²) in [6.07, 6.45) is 4.56. The van der Waals surface area contributed by atoms with Crippen LogP contribution in [0.4, 0.5) is 11.5 Å². The Morgan fingerprint density at radius 2 is 1.78 bits per heavy atom. The first-order valence-corrected chi connectivity index (χ1v) is 11.4. The molecule has 1 aliphatic carbocycles. The first-order chi connectivity index (χ1) is 15.5. The molecule has 3 aromatic rings. The summed E-state index contributed by atoms with van der Waals surface area (Å²) in [5.41, 5.74) is 15.2. The lowest BCUT2D eigenvalue weighted by Gasteiger charge is -2.40. The Bertz CT molecular complexity index is 1100. The van der Waals surface area contributed by atoms with Crippen LogP contribution in [0.25, 0.3) is 22.3 Å². The van der Waals surface area contributed by atoms with E-state index in [4.69, 9.17) is 26.2 Å². The number of rotatable bonds is 4. The van der Waals surface area contributed by atoms with Gasteiger partial charge in [0.15, 0.2) is 5.65 Å². The molecule has 2 fully saturated rings. The van der Waals surface area contributed by atoms with E-state index in [9.17, 15) is 0 Å². The van der Waals surface area contributed by atoms with Gasteiger partial charge in [-0.15, -0.1) is 0 Å². The van der Waals surface area contributed by atoms with E-state index in [-0.39, 0.29) is 0 Å². The van der Waals surface area contributed by atoms with Crippen LogP contribution in [0.5, 0.6) is 5.75 Å². The molecule has 0 atom stereocenters. The van der Waals surface area contributed by atoms with Crippen LogP contribution in [-0.2, 0) is 0 Å². The van der Waals surface area contributed by atoms with Gasteiger partial charge in [0.2, 0.25) is 0 Å². The van der Waals surface area contributed by atoms with Gasteiger partial charge in [0.1, 0.15) is 17.4 Å². The number of ether oxygens (including phenoxy) is 1. The third-order valence-electron chi connectivity index (χ3n) is 7.10. The first kappa shape index (κ1) is 21.0. The number of anilines is 2. The second-order valence-corrected chi connectivity index (χ2v) is 9.07. The van der Waals surface area contributed by atoms with Crippen LogP contribution >= 0.6 is 0 Å². The largest absolute Gasteiger partial charge is 0.495 e. The summed E-state index contributed by atoms with van der Waals surface area (Å²) < 4.78 is 5.35. The van der Waals surface area contributed by atoms with Crippen LogP contribution in [0.15, 0.2) is 18.2 Å². The van der Waals surface area contributed by atoms with Gasteiger partial charge < -0.3 is 21.1 Å². The molecule has 5 rings (SSSR count). The number of aromatic amines is 1. The predicted molar refractivity (Wildman–Crippen MR) is 127 cm³/mol. The fourth-order valence-electron chi connectivity index (χ4n) is 5.11. The molecule has 0 amide bonds. The summed E-state index contributed by atoms with van der Waals surface area (Å²) in [4.78, 5) is 14.6. The van der Waals surface area contributed by atoms with Crippen molar-refractivity contribution in [2.45, 2.75) is 37.6 Å². The Morgan fingerprint density at radius 3 is 2.50 bits per heavy atom. The normalized spacial score (nSPS) is 22.9. The average Bonchev–Trinajstić information content (AvgIpc) is 3.25. The fourth-order valence-corrected chi connectivity index (χ4v) is 5.11. The number of fused-ring (bicyclic) bond motifs is 1. The zero-order chi connectivity index (χ0) is 22.2. The standard InChI is InChI=1S/C23H32N8O/c1-30-9-11-31(12-10-30)16-6-3-14(4-7-16)22-26-21(25)19-20(28-29-23(19)27-22)15-5-8-17(24)18(13-15)32-2/h5,8,13-14,16H,3-4,6-7,9-12,24H2,1-2H3,(H3,25,26,27,28,29). The molecule has 1 saturated carbocycles. The van der Waals surface area contributed by atoms with Crippen LogP contribution in [0.3, 0.4) is 0 Å². The number of aromatic nitrogens is 4. The smallest absolute Gasteiger partial charge is 0.187 e. The number of hydrogen-bond donors (Lipinski definition) is 3. The number of nitrogens with one attached hydrogen (secondary N) is 1. The summed E-state index contributed by atoms with van der Waals surface area (Å²) in [6, 6.07) is 6.27. The van der Waals surface area contributed by atoms with Crippen molar-refractivity contribution in [2.75, 3.05) is 51.8 Å². The minimum Gasteiger partial charge on any atom is -0.495 e. The number of hydrogen-bond acceptors (Lipinski definition) is 8. The second-order valence-electron chi connectivity index (χ2n) is 9.07. The van der Waals surface area contributed by atoms with Crippen molar-refractivity contribution in [3.8, 4) is 17.0 Å². The third-order valence-corrected chi connectivity index (χ3v) is 7.10. The quantitative estimate of drug-likeness (QED) is 0.533. The molecule has 9 nitrogen and oxygen atoms in total. The number of likely N-dealkylation sites (N-methyl/N-ethyl adjacent to an activating group) is 1. The van der Waals surface area contributed by atoms with Gasteiger partial charge in [0, 0.05) is 43.7 Å². The van der Waals surface area contributed by atoms with E-state index in [0.717, 1.165) is 48.4 Å². The highest BCUT2D eigenvalue weighted by molar-refractivity contribution is 5.98. The molecule has 1 aliphatic heterocycles. The van der Waals surface area contributed by atoms with Crippen molar-refractivity contribution in [3.63, 3.8) is 0 Å². The van der Waals surface area contributed by atoms with E-state index in [1.807, 2.05) is 18.2 Å². The number of nitrogen functional groups attached to an aromatic ring is 2. The van der Waals surface area contributed by atoms with Gasteiger partial charge in [0.25, 0.3) is 0 Å². The Morgan fingerprint density at radius 1 is 1.03 bits per heavy atom. The Hall–Kier alpha value is -2.91. The van der Waals surface area contributed by atoms with Crippen LogP contribution in [-0.4, -0.2) is 76.3 Å². The summed E-state index contributed by atoms with van der Waals surface area (Å²) in [7, 11) is 3.80. The first-order valence-electron chi connectivity index (χ1n) is 11.4. The Labute approximate surface area is 188 Å². The average molecular weight is 437 g/mol. The van der Waals surface area contributed by atoms with E-state index in [0.29, 0.717) is 34.9 Å². The van der Waals surface area contributed by atoms with Gasteiger partial charge in [-0.3, -0.25) is 10.00 Å². The summed E-state index contributed by atoms with van der Waals surface area (Å²) in [5.74, 6) is 2.23. The van der Waals surface area contributed by atoms with Crippen molar-refractivity contribution >= 4 is 22.5 Å². The van der Waals surface area contributed by atoms with Crippen LogP contribution in [0, 0.1) is 0 Å². The van der Waals surface area contributed by atoms with Crippen LogP contribution < -0.4 is 16.2 Å². The number of benzene rings is 1. The Kier molecular flexibility index (Phi) is 5.60. The summed E-state index contributed by atoms with van der Waals surface area (Å²) in [5, 5.41) is 8.27. The molecule has 0 radical (unpaired) electrons. The Balaban J connectivity index is 1.35. The summed E-state index contributed by atoms with van der Waals surface area (Å²) >= 11 is 0. The van der Waals surface area contributed by atoms with E-state index in [2.05, 4.69) is 27.0 Å². The van der Waals surface area contributed by atoms with Gasteiger partial charge in [0.05, 0.1) is 23.9 Å². The van der Waals surface area contributed by atoms with Crippen molar-refractivity contribution < 1.29 is 4.74 Å². The van der Waals surface area contributed by atoms with Crippen molar-refractivity contribution in [3.05, 3.63) is 24.0 Å². The van der Waals surface area contributed by atoms with E-state index in [1.165, 1.54) is 25.9 Å². The highest BCUT2D eigenvalue weighted by Gasteiger charge is 2.30. The maximum atomic E-state index is 6.42. The molecule has 170 valence electrons. The maximum absolute atomic E-state index is 6.42. The minimum atomic E-state index is 0.335. The molecule has 1 aromatic carbocycles. The lowest BCUT2D eigenvalue weighted by molar-refractivity contribution is 0.0873. The minimum absolute atomic E-state index is 0.335. The number of nitrogens with two attached hydrogens (primary N) is 2. The van der Waals surface area contributed by atoms with Gasteiger partial charge in [-0.1, -0.05) is 6.07 Å². The predicted octanol–water partition coefficient (Wildman–Crippen LogP) is 2.47. The highest BCUT2D eigenvalue weighted by atomic mass is 16.5. The highest BCUT2D eigenvalue weighted by Crippen LogP contribution is 2.37. The number of nitrogens with zero attached hydrogens (tertiary/aromatic N) is 5. The molecular formula is C23H32N8O. The zero-order valence-electron chi connectivity index (χ0n) is 18.8. The van der Waals surface area contributed by atoms with Crippen molar-refractivity contribution in [2.24, 2.45) is 0 Å². The molecule has 2 aliphatic rings. The topological polar surface area (TPSA) is 122 Å².